The van der Waals surface area contributed by atoms with E-state index in [9.17, 15) is 4.79 Å². The van der Waals surface area contributed by atoms with Gasteiger partial charge in [0.1, 0.15) is 23.8 Å². The third-order valence-electron chi connectivity index (χ3n) is 8.09. The first kappa shape index (κ1) is 22.9. The molecule has 1 saturated carbocycles. The van der Waals surface area contributed by atoms with Crippen LogP contribution in [0.25, 0.3) is 32.9 Å². The summed E-state index contributed by atoms with van der Waals surface area (Å²) in [6.07, 6.45) is 4.03. The molecule has 37 heavy (non-hydrogen) atoms. The number of likely N-dealkylation sites (tertiary alicyclic amines) is 1. The van der Waals surface area contributed by atoms with Gasteiger partial charge in [0.15, 0.2) is 0 Å². The van der Waals surface area contributed by atoms with Gasteiger partial charge in [0.25, 0.3) is 0 Å². The second-order valence-electron chi connectivity index (χ2n) is 11.6. The van der Waals surface area contributed by atoms with Crippen LogP contribution in [-0.2, 0) is 11.3 Å². The second kappa shape index (κ2) is 8.12. The van der Waals surface area contributed by atoms with Crippen LogP contribution in [0.3, 0.4) is 0 Å². The lowest BCUT2D eigenvalue weighted by molar-refractivity contribution is 0.0130. The molecule has 7 heteroatoms. The number of carbonyl (C=O) groups excluding carboxylic acids is 1. The highest BCUT2D eigenvalue weighted by molar-refractivity contribution is 6.30. The summed E-state index contributed by atoms with van der Waals surface area (Å²) in [7, 11) is 0. The molecule has 6 nitrogen and oxygen atoms in total. The summed E-state index contributed by atoms with van der Waals surface area (Å²) in [4.78, 5) is 23.9. The second-order valence-corrected chi connectivity index (χ2v) is 12.1. The number of benzene rings is 3. The van der Waals surface area contributed by atoms with Gasteiger partial charge in [-0.15, -0.1) is 0 Å². The Hall–Kier alpha value is -3.25. The SMILES string of the molecule is CC(C)(C)OC(=O)N1C(c2nc3ccc4cc5c(cc4c3[nH]2)COc2cc(Cl)ccc2-5)C[C@@H]2CCC[C@@H]21. The molecule has 1 aromatic heterocycles. The van der Waals surface area contributed by atoms with Crippen LogP contribution in [0.4, 0.5) is 4.79 Å². The minimum absolute atomic E-state index is 0.106. The lowest BCUT2D eigenvalue weighted by Gasteiger charge is -2.31. The van der Waals surface area contributed by atoms with E-state index in [2.05, 4.69) is 29.2 Å². The Morgan fingerprint density at radius 1 is 1.14 bits per heavy atom. The van der Waals surface area contributed by atoms with Crippen molar-refractivity contribution in [2.24, 2.45) is 5.92 Å². The Balaban J connectivity index is 1.31. The molecule has 1 aliphatic carbocycles. The van der Waals surface area contributed by atoms with Crippen LogP contribution in [-0.4, -0.2) is 32.6 Å². The number of nitrogens with one attached hydrogen (secondary N) is 1. The summed E-state index contributed by atoms with van der Waals surface area (Å²) in [5, 5.41) is 2.92. The number of carbonyl (C=O) groups is 1. The van der Waals surface area contributed by atoms with Crippen molar-refractivity contribution < 1.29 is 14.3 Å². The molecule has 190 valence electrons. The van der Waals surface area contributed by atoms with Crippen LogP contribution in [0.5, 0.6) is 5.75 Å². The molecule has 3 heterocycles. The van der Waals surface area contributed by atoms with Gasteiger partial charge in [0.05, 0.1) is 17.1 Å². The lowest BCUT2D eigenvalue weighted by atomic mass is 9.93. The first-order valence-corrected chi connectivity index (χ1v) is 13.5. The van der Waals surface area contributed by atoms with Crippen molar-refractivity contribution in [3.63, 3.8) is 0 Å². The van der Waals surface area contributed by atoms with Gasteiger partial charge < -0.3 is 14.5 Å². The number of H-pyrrole nitrogens is 1. The number of aromatic amines is 1. The van der Waals surface area contributed by atoms with Crippen molar-refractivity contribution in [2.45, 2.75) is 70.7 Å². The van der Waals surface area contributed by atoms with E-state index in [1.54, 1.807) is 0 Å². The van der Waals surface area contributed by atoms with Gasteiger partial charge in [0, 0.05) is 22.0 Å². The number of imidazole rings is 1. The molecule has 1 amide bonds. The molecular weight excluding hydrogens is 486 g/mol. The fourth-order valence-corrected chi connectivity index (χ4v) is 6.71. The van der Waals surface area contributed by atoms with Gasteiger partial charge in [-0.2, -0.15) is 0 Å². The summed E-state index contributed by atoms with van der Waals surface area (Å²) >= 11 is 6.19. The number of halogens is 1. The number of fused-ring (bicyclic) bond motifs is 7. The highest BCUT2D eigenvalue weighted by atomic mass is 35.5. The van der Waals surface area contributed by atoms with Gasteiger partial charge in [-0.1, -0.05) is 24.1 Å². The zero-order valence-corrected chi connectivity index (χ0v) is 22.1. The van der Waals surface area contributed by atoms with Crippen LogP contribution in [0, 0.1) is 5.92 Å². The number of amides is 1. The smallest absolute Gasteiger partial charge is 0.411 e. The fourth-order valence-electron chi connectivity index (χ4n) is 6.55. The Morgan fingerprint density at radius 3 is 2.84 bits per heavy atom. The van der Waals surface area contributed by atoms with Crippen molar-refractivity contribution in [3.05, 3.63) is 58.9 Å². The van der Waals surface area contributed by atoms with Crippen LogP contribution in [0.2, 0.25) is 5.02 Å². The minimum Gasteiger partial charge on any atom is -0.488 e. The maximum Gasteiger partial charge on any atom is 0.411 e. The molecule has 0 spiro atoms. The maximum atomic E-state index is 13.3. The molecule has 0 radical (unpaired) electrons. The quantitative estimate of drug-likeness (QED) is 0.281. The van der Waals surface area contributed by atoms with E-state index < -0.39 is 5.60 Å². The molecule has 1 N–H and O–H groups in total. The molecule has 2 aliphatic heterocycles. The van der Waals surface area contributed by atoms with Crippen LogP contribution in [0.15, 0.2) is 42.5 Å². The largest absolute Gasteiger partial charge is 0.488 e. The van der Waals surface area contributed by atoms with Gasteiger partial charge in [-0.3, -0.25) is 4.90 Å². The predicted molar refractivity (Wildman–Crippen MR) is 145 cm³/mol. The van der Waals surface area contributed by atoms with Gasteiger partial charge in [-0.25, -0.2) is 9.78 Å². The molecule has 3 aliphatic rings. The Kier molecular flexibility index (Phi) is 5.03. The normalized spacial score (nSPS) is 22.6. The van der Waals surface area contributed by atoms with Crippen LogP contribution in [0.1, 0.15) is 63.9 Å². The maximum absolute atomic E-state index is 13.3. The molecule has 3 aromatic carbocycles. The first-order valence-electron chi connectivity index (χ1n) is 13.1. The zero-order valence-electron chi connectivity index (χ0n) is 21.3. The van der Waals surface area contributed by atoms with E-state index in [1.807, 2.05) is 43.9 Å². The third-order valence-corrected chi connectivity index (χ3v) is 8.33. The molecule has 7 rings (SSSR count). The van der Waals surface area contributed by atoms with E-state index >= 15 is 0 Å². The Labute approximate surface area is 220 Å². The van der Waals surface area contributed by atoms with Gasteiger partial charge >= 0.3 is 6.09 Å². The fraction of sp³-hybridized carbons (Fsp3) is 0.400. The average molecular weight is 516 g/mol. The van der Waals surface area contributed by atoms with E-state index in [1.165, 1.54) is 5.56 Å². The number of ether oxygens (including phenoxy) is 2. The Morgan fingerprint density at radius 2 is 2.00 bits per heavy atom. The van der Waals surface area contributed by atoms with Crippen molar-refractivity contribution >= 4 is 39.5 Å². The summed E-state index contributed by atoms with van der Waals surface area (Å²) in [5.74, 6) is 2.16. The van der Waals surface area contributed by atoms with Crippen molar-refractivity contribution in [3.8, 4) is 16.9 Å². The monoisotopic (exact) mass is 515 g/mol. The number of aromatic nitrogens is 2. The van der Waals surface area contributed by atoms with Crippen molar-refractivity contribution in [1.82, 2.24) is 14.9 Å². The minimum atomic E-state index is -0.534. The average Bonchev–Trinajstić information content (AvgIpc) is 3.55. The van der Waals surface area contributed by atoms with Crippen LogP contribution >= 0.6 is 11.6 Å². The summed E-state index contributed by atoms with van der Waals surface area (Å²) in [6, 6.07) is 14.6. The highest BCUT2D eigenvalue weighted by Crippen LogP contribution is 2.48. The number of hydrogen-bond acceptors (Lipinski definition) is 4. The molecule has 2 fully saturated rings. The Bertz CT molecular complexity index is 1570. The number of hydrogen-bond donors (Lipinski definition) is 1. The lowest BCUT2D eigenvalue weighted by Crippen LogP contribution is -2.41. The van der Waals surface area contributed by atoms with E-state index in [4.69, 9.17) is 26.1 Å². The standard InChI is InChI=1S/C30H30ClN3O3/c1-30(2,3)37-29(35)34-24-6-4-5-17(24)13-25(34)28-32-23-10-7-16-11-21-18(12-22(16)27(23)33-28)15-36-26-14-19(31)8-9-20(21)26/h7-12,14,17,24-25H,4-6,13,15H2,1-3H3,(H,32,33)/t17-,24-,25?/m0/s1. The van der Waals surface area contributed by atoms with E-state index in [0.29, 0.717) is 17.5 Å². The number of rotatable bonds is 1. The zero-order chi connectivity index (χ0) is 25.5. The van der Waals surface area contributed by atoms with Crippen molar-refractivity contribution in [1.29, 1.82) is 0 Å². The summed E-state index contributed by atoms with van der Waals surface area (Å²) < 4.78 is 11.9. The molecule has 0 bridgehead atoms. The first-order chi connectivity index (χ1) is 17.7. The molecule has 1 unspecified atom stereocenters. The third kappa shape index (κ3) is 3.76. The highest BCUT2D eigenvalue weighted by Gasteiger charge is 2.48. The van der Waals surface area contributed by atoms with E-state index in [0.717, 1.165) is 70.2 Å². The summed E-state index contributed by atoms with van der Waals surface area (Å²) in [6.45, 7) is 6.26. The predicted octanol–water partition coefficient (Wildman–Crippen LogP) is 7.78. The molecule has 4 aromatic rings. The van der Waals surface area contributed by atoms with Gasteiger partial charge in [0.2, 0.25) is 0 Å². The number of nitrogens with zero attached hydrogens (tertiary/aromatic N) is 2. The van der Waals surface area contributed by atoms with E-state index in [-0.39, 0.29) is 18.2 Å². The summed E-state index contributed by atoms with van der Waals surface area (Å²) in [5.41, 5.74) is 4.74. The van der Waals surface area contributed by atoms with Crippen molar-refractivity contribution in [2.75, 3.05) is 0 Å². The van der Waals surface area contributed by atoms with Gasteiger partial charge in [-0.05, 0) is 98.9 Å². The molecular formula is C30H30ClN3O3. The molecule has 1 saturated heterocycles. The van der Waals surface area contributed by atoms with Crippen LogP contribution < -0.4 is 4.74 Å². The molecule has 3 atom stereocenters. The topological polar surface area (TPSA) is 67.5 Å².